The molecule has 2 fully saturated rings. The van der Waals surface area contributed by atoms with E-state index in [0.717, 1.165) is 17.9 Å². The van der Waals surface area contributed by atoms with Crippen molar-refractivity contribution in [3.05, 3.63) is 0 Å². The van der Waals surface area contributed by atoms with Gasteiger partial charge in [0.15, 0.2) is 0 Å². The maximum Gasteiger partial charge on any atom is 0.0107 e. The zero-order valence-electron chi connectivity index (χ0n) is 11.0. The summed E-state index contributed by atoms with van der Waals surface area (Å²) >= 11 is 0. The summed E-state index contributed by atoms with van der Waals surface area (Å²) in [6.07, 6.45) is 6.99. The van der Waals surface area contributed by atoms with Gasteiger partial charge >= 0.3 is 0 Å². The average Bonchev–Trinajstić information content (AvgIpc) is 2.86. The van der Waals surface area contributed by atoms with E-state index in [0.29, 0.717) is 0 Å². The number of likely N-dealkylation sites (tertiary alicyclic amines) is 1. The lowest BCUT2D eigenvalue weighted by atomic mass is 10.0. The summed E-state index contributed by atoms with van der Waals surface area (Å²) in [7, 11) is 0. The Morgan fingerprint density at radius 3 is 2.81 bits per heavy atom. The summed E-state index contributed by atoms with van der Waals surface area (Å²) in [6, 6.07) is 0.816. The minimum absolute atomic E-state index is 0.816. The van der Waals surface area contributed by atoms with Crippen LogP contribution in [0.2, 0.25) is 0 Å². The van der Waals surface area contributed by atoms with Crippen molar-refractivity contribution in [2.24, 2.45) is 11.8 Å². The molecule has 1 heterocycles. The normalized spacial score (nSPS) is 36.0. The van der Waals surface area contributed by atoms with Gasteiger partial charge in [-0.05, 0) is 50.6 Å². The highest BCUT2D eigenvalue weighted by Gasteiger charge is 2.30. The largest absolute Gasteiger partial charge is 0.314 e. The lowest BCUT2D eigenvalue weighted by Crippen LogP contribution is -2.39. The van der Waals surface area contributed by atoms with E-state index in [1.165, 1.54) is 58.3 Å². The third-order valence-corrected chi connectivity index (χ3v) is 4.32. The number of rotatable bonds is 5. The summed E-state index contributed by atoms with van der Waals surface area (Å²) < 4.78 is 0. The van der Waals surface area contributed by atoms with Crippen molar-refractivity contribution in [3.63, 3.8) is 0 Å². The van der Waals surface area contributed by atoms with Crippen LogP contribution in [-0.2, 0) is 0 Å². The topological polar surface area (TPSA) is 15.3 Å². The summed E-state index contributed by atoms with van der Waals surface area (Å²) in [5.74, 6) is 1.86. The van der Waals surface area contributed by atoms with E-state index < -0.39 is 0 Å². The first kappa shape index (κ1) is 12.4. The molecule has 0 amide bonds. The van der Waals surface area contributed by atoms with E-state index >= 15 is 0 Å². The molecule has 0 aromatic rings. The molecule has 3 unspecified atom stereocenters. The molecular formula is C14H28N2. The molecule has 0 aromatic heterocycles. The summed E-state index contributed by atoms with van der Waals surface area (Å²) in [5, 5.41) is 3.74. The monoisotopic (exact) mass is 224 g/mol. The first-order valence-corrected chi connectivity index (χ1v) is 7.25. The molecule has 2 aliphatic rings. The van der Waals surface area contributed by atoms with Gasteiger partial charge in [-0.15, -0.1) is 0 Å². The summed E-state index contributed by atoms with van der Waals surface area (Å²) in [6.45, 7) is 9.90. The summed E-state index contributed by atoms with van der Waals surface area (Å²) in [4.78, 5) is 2.70. The van der Waals surface area contributed by atoms with Gasteiger partial charge in [0, 0.05) is 19.1 Å². The predicted molar refractivity (Wildman–Crippen MR) is 69.6 cm³/mol. The van der Waals surface area contributed by atoms with E-state index in [4.69, 9.17) is 0 Å². The minimum atomic E-state index is 0.816. The van der Waals surface area contributed by atoms with E-state index in [1.54, 1.807) is 0 Å². The zero-order chi connectivity index (χ0) is 11.4. The van der Waals surface area contributed by atoms with Crippen LogP contribution < -0.4 is 5.32 Å². The lowest BCUT2D eigenvalue weighted by molar-refractivity contribution is 0.246. The second-order valence-electron chi connectivity index (χ2n) is 5.91. The van der Waals surface area contributed by atoms with Crippen LogP contribution in [0.15, 0.2) is 0 Å². The third-order valence-electron chi connectivity index (χ3n) is 4.32. The smallest absolute Gasteiger partial charge is 0.0107 e. The predicted octanol–water partition coefficient (Wildman–Crippen LogP) is 2.50. The van der Waals surface area contributed by atoms with Gasteiger partial charge in [-0.25, -0.2) is 0 Å². The molecule has 94 valence electrons. The fraction of sp³-hybridized carbons (Fsp3) is 1.00. The van der Waals surface area contributed by atoms with Crippen LogP contribution >= 0.6 is 0 Å². The van der Waals surface area contributed by atoms with Crippen LogP contribution in [0.1, 0.15) is 46.0 Å². The van der Waals surface area contributed by atoms with E-state index in [-0.39, 0.29) is 0 Å². The van der Waals surface area contributed by atoms with Gasteiger partial charge in [-0.3, -0.25) is 0 Å². The molecule has 0 radical (unpaired) electrons. The van der Waals surface area contributed by atoms with Gasteiger partial charge in [0.2, 0.25) is 0 Å². The van der Waals surface area contributed by atoms with Crippen LogP contribution in [-0.4, -0.2) is 37.1 Å². The van der Waals surface area contributed by atoms with Crippen molar-refractivity contribution in [1.29, 1.82) is 0 Å². The molecule has 1 saturated heterocycles. The second-order valence-corrected chi connectivity index (χ2v) is 5.91. The van der Waals surface area contributed by atoms with E-state index in [1.807, 2.05) is 0 Å². The zero-order valence-corrected chi connectivity index (χ0v) is 11.0. The average molecular weight is 224 g/mol. The molecule has 1 N–H and O–H groups in total. The number of hydrogen-bond acceptors (Lipinski definition) is 2. The Balaban J connectivity index is 1.74. The molecule has 2 rings (SSSR count). The molecule has 3 atom stereocenters. The molecule has 0 aromatic carbocycles. The Bertz CT molecular complexity index is 205. The Hall–Kier alpha value is -0.0800. The Morgan fingerprint density at radius 1 is 1.25 bits per heavy atom. The second kappa shape index (κ2) is 6.02. The van der Waals surface area contributed by atoms with Crippen molar-refractivity contribution in [2.75, 3.05) is 26.2 Å². The maximum absolute atomic E-state index is 3.74. The van der Waals surface area contributed by atoms with Crippen LogP contribution in [0, 0.1) is 11.8 Å². The molecule has 16 heavy (non-hydrogen) atoms. The highest BCUT2D eigenvalue weighted by Crippen LogP contribution is 2.28. The maximum atomic E-state index is 3.74. The van der Waals surface area contributed by atoms with Crippen LogP contribution in [0.4, 0.5) is 0 Å². The molecule has 1 aliphatic carbocycles. The van der Waals surface area contributed by atoms with Crippen molar-refractivity contribution in [1.82, 2.24) is 10.2 Å². The van der Waals surface area contributed by atoms with Crippen LogP contribution in [0.3, 0.4) is 0 Å². The third kappa shape index (κ3) is 3.21. The highest BCUT2D eigenvalue weighted by molar-refractivity contribution is 4.86. The van der Waals surface area contributed by atoms with Crippen molar-refractivity contribution in [2.45, 2.75) is 52.0 Å². The Kier molecular flexibility index (Phi) is 4.66. The molecule has 1 saturated carbocycles. The molecule has 0 spiro atoms. The highest BCUT2D eigenvalue weighted by atomic mass is 15.2. The van der Waals surface area contributed by atoms with E-state index in [2.05, 4.69) is 24.1 Å². The SMILES string of the molecule is CCCNC1CCCC1CN1CCC(C)C1. The van der Waals surface area contributed by atoms with Gasteiger partial charge < -0.3 is 10.2 Å². The summed E-state index contributed by atoms with van der Waals surface area (Å²) in [5.41, 5.74) is 0. The van der Waals surface area contributed by atoms with Crippen LogP contribution in [0.25, 0.3) is 0 Å². The Morgan fingerprint density at radius 2 is 2.12 bits per heavy atom. The first-order chi connectivity index (χ1) is 7.79. The number of hydrogen-bond donors (Lipinski definition) is 1. The molecule has 0 bridgehead atoms. The van der Waals surface area contributed by atoms with Crippen molar-refractivity contribution < 1.29 is 0 Å². The molecule has 1 aliphatic heterocycles. The van der Waals surface area contributed by atoms with Gasteiger partial charge in [-0.2, -0.15) is 0 Å². The number of nitrogens with one attached hydrogen (secondary N) is 1. The quantitative estimate of drug-likeness (QED) is 0.772. The van der Waals surface area contributed by atoms with Crippen LogP contribution in [0.5, 0.6) is 0 Å². The standard InChI is InChI=1S/C14H28N2/c1-3-8-15-14-6-4-5-13(14)11-16-9-7-12(2)10-16/h12-15H,3-11H2,1-2H3. The van der Waals surface area contributed by atoms with Crippen molar-refractivity contribution in [3.8, 4) is 0 Å². The molecule has 2 heteroatoms. The molecule has 2 nitrogen and oxygen atoms in total. The van der Waals surface area contributed by atoms with Gasteiger partial charge in [0.05, 0.1) is 0 Å². The van der Waals surface area contributed by atoms with E-state index in [9.17, 15) is 0 Å². The fourth-order valence-corrected chi connectivity index (χ4v) is 3.38. The van der Waals surface area contributed by atoms with Crippen molar-refractivity contribution >= 4 is 0 Å². The fourth-order valence-electron chi connectivity index (χ4n) is 3.38. The lowest BCUT2D eigenvalue weighted by Gasteiger charge is -2.26. The first-order valence-electron chi connectivity index (χ1n) is 7.25. The minimum Gasteiger partial charge on any atom is -0.314 e. The number of nitrogens with zero attached hydrogens (tertiary/aromatic N) is 1. The Labute approximate surface area is 101 Å². The van der Waals surface area contributed by atoms with Gasteiger partial charge in [0.1, 0.15) is 0 Å². The van der Waals surface area contributed by atoms with Gasteiger partial charge in [0.25, 0.3) is 0 Å². The van der Waals surface area contributed by atoms with Gasteiger partial charge in [-0.1, -0.05) is 20.3 Å². The molecular weight excluding hydrogens is 196 g/mol.